The number of piperidine rings is 1. The smallest absolute Gasteiger partial charge is 0.256 e. The van der Waals surface area contributed by atoms with E-state index in [1.54, 1.807) is 18.6 Å². The van der Waals surface area contributed by atoms with E-state index in [2.05, 4.69) is 20.2 Å². The predicted molar refractivity (Wildman–Crippen MR) is 80.3 cm³/mol. The number of carbonyl (C=O) groups excluding carboxylic acids is 1. The Morgan fingerprint density at radius 2 is 2.05 bits per heavy atom. The Morgan fingerprint density at radius 1 is 1.33 bits per heavy atom. The summed E-state index contributed by atoms with van der Waals surface area (Å²) in [4.78, 5) is 22.6. The van der Waals surface area contributed by atoms with Crippen LogP contribution in [-0.2, 0) is 0 Å². The highest BCUT2D eigenvalue weighted by atomic mass is 32.2. The molecule has 0 unspecified atom stereocenters. The van der Waals surface area contributed by atoms with Crippen LogP contribution in [0.25, 0.3) is 0 Å². The molecule has 0 saturated carbocycles. The topological polar surface area (TPSA) is 74.8 Å². The van der Waals surface area contributed by atoms with Crippen LogP contribution in [0.1, 0.15) is 34.8 Å². The molecule has 1 amide bonds. The van der Waals surface area contributed by atoms with Crippen molar-refractivity contribution in [3.05, 3.63) is 35.9 Å². The van der Waals surface area contributed by atoms with Gasteiger partial charge in [-0.15, -0.1) is 0 Å². The summed E-state index contributed by atoms with van der Waals surface area (Å²) in [5, 5.41) is 7.70. The van der Waals surface area contributed by atoms with E-state index < -0.39 is 0 Å². The first-order chi connectivity index (χ1) is 10.3. The molecule has 1 aliphatic heterocycles. The molecule has 0 bridgehead atoms. The minimum atomic E-state index is 0.0192. The van der Waals surface area contributed by atoms with E-state index in [9.17, 15) is 4.79 Å². The fraction of sp³-hybridized carbons (Fsp3) is 0.429. The lowest BCUT2D eigenvalue weighted by molar-refractivity contribution is 0.0711. The first-order valence-corrected chi connectivity index (χ1v) is 8.15. The number of nitrogens with one attached hydrogen (secondary N) is 1. The molecule has 1 saturated heterocycles. The average Bonchev–Trinajstić information content (AvgIpc) is 3.09. The third-order valence-electron chi connectivity index (χ3n) is 3.80. The fourth-order valence-corrected chi connectivity index (χ4v) is 2.92. The lowest BCUT2D eigenvalue weighted by atomic mass is 9.93. The molecule has 2 aromatic rings. The number of aromatic nitrogens is 4. The summed E-state index contributed by atoms with van der Waals surface area (Å²) < 4.78 is 0. The second-order valence-corrected chi connectivity index (χ2v) is 5.81. The molecule has 0 spiro atoms. The van der Waals surface area contributed by atoms with Gasteiger partial charge in [-0.2, -0.15) is 5.10 Å². The normalized spacial score (nSPS) is 16.1. The zero-order valence-corrected chi connectivity index (χ0v) is 12.6. The molecule has 0 atom stereocenters. The number of amides is 1. The standard InChI is InChI=1S/C14H17N5OS/c1-21-14-15-8-11(9-16-14)13(20)19-6-3-10(4-7-19)12-2-5-17-18-12/h2,5,8-10H,3-4,6-7H2,1H3,(H,17,18). The highest BCUT2D eigenvalue weighted by molar-refractivity contribution is 7.98. The minimum absolute atomic E-state index is 0.0192. The van der Waals surface area contributed by atoms with Gasteiger partial charge in [0, 0.05) is 43.3 Å². The van der Waals surface area contributed by atoms with E-state index in [4.69, 9.17) is 0 Å². The third kappa shape index (κ3) is 3.07. The first kappa shape index (κ1) is 14.1. The third-order valence-corrected chi connectivity index (χ3v) is 4.38. The maximum absolute atomic E-state index is 12.4. The van der Waals surface area contributed by atoms with Crippen LogP contribution >= 0.6 is 11.8 Å². The van der Waals surface area contributed by atoms with Crippen LogP contribution < -0.4 is 0 Å². The maximum atomic E-state index is 12.4. The summed E-state index contributed by atoms with van der Waals surface area (Å²) in [6.45, 7) is 1.51. The van der Waals surface area contributed by atoms with E-state index in [0.29, 0.717) is 16.6 Å². The molecule has 0 aliphatic carbocycles. The lowest BCUT2D eigenvalue weighted by Crippen LogP contribution is -2.38. The molecular weight excluding hydrogens is 286 g/mol. The van der Waals surface area contributed by atoms with Crippen LogP contribution in [-0.4, -0.2) is 50.3 Å². The number of H-pyrrole nitrogens is 1. The van der Waals surface area contributed by atoms with Gasteiger partial charge in [-0.25, -0.2) is 9.97 Å². The van der Waals surface area contributed by atoms with E-state index in [1.807, 2.05) is 17.2 Å². The average molecular weight is 303 g/mol. The molecular formula is C14H17N5OS. The molecule has 21 heavy (non-hydrogen) atoms. The summed E-state index contributed by atoms with van der Waals surface area (Å²) >= 11 is 1.47. The van der Waals surface area contributed by atoms with Crippen LogP contribution in [0.3, 0.4) is 0 Å². The summed E-state index contributed by atoms with van der Waals surface area (Å²) in [5.41, 5.74) is 1.72. The van der Waals surface area contributed by atoms with Gasteiger partial charge in [-0.1, -0.05) is 11.8 Å². The zero-order chi connectivity index (χ0) is 14.7. The molecule has 2 aromatic heterocycles. The highest BCUT2D eigenvalue weighted by Crippen LogP contribution is 2.26. The second kappa shape index (κ2) is 6.26. The quantitative estimate of drug-likeness (QED) is 0.693. The summed E-state index contributed by atoms with van der Waals surface area (Å²) in [7, 11) is 0. The highest BCUT2D eigenvalue weighted by Gasteiger charge is 2.25. The number of hydrogen-bond acceptors (Lipinski definition) is 5. The van der Waals surface area contributed by atoms with Crippen LogP contribution in [0.5, 0.6) is 0 Å². The Kier molecular flexibility index (Phi) is 4.19. The van der Waals surface area contributed by atoms with Crippen molar-refractivity contribution in [2.75, 3.05) is 19.3 Å². The number of hydrogen-bond donors (Lipinski definition) is 1. The van der Waals surface area contributed by atoms with Gasteiger partial charge >= 0.3 is 0 Å². The Hall–Kier alpha value is -1.89. The second-order valence-electron chi connectivity index (χ2n) is 5.04. The van der Waals surface area contributed by atoms with Crippen LogP contribution in [0.2, 0.25) is 0 Å². The Morgan fingerprint density at radius 3 is 2.62 bits per heavy atom. The molecule has 7 heteroatoms. The van der Waals surface area contributed by atoms with Crippen molar-refractivity contribution in [1.82, 2.24) is 25.1 Å². The Labute approximate surface area is 127 Å². The fourth-order valence-electron chi connectivity index (χ4n) is 2.60. The van der Waals surface area contributed by atoms with Crippen molar-refractivity contribution < 1.29 is 4.79 Å². The molecule has 1 aliphatic rings. The molecule has 6 nitrogen and oxygen atoms in total. The number of carbonyl (C=O) groups is 1. The van der Waals surface area contributed by atoms with Gasteiger partial charge in [-0.3, -0.25) is 9.89 Å². The largest absolute Gasteiger partial charge is 0.339 e. The predicted octanol–water partition coefficient (Wildman–Crippen LogP) is 1.94. The zero-order valence-electron chi connectivity index (χ0n) is 11.8. The summed E-state index contributed by atoms with van der Waals surface area (Å²) in [5.74, 6) is 0.484. The van der Waals surface area contributed by atoms with Crippen LogP contribution in [0, 0.1) is 0 Å². The molecule has 1 N–H and O–H groups in total. The van der Waals surface area contributed by atoms with Crippen molar-refractivity contribution in [2.45, 2.75) is 23.9 Å². The maximum Gasteiger partial charge on any atom is 0.256 e. The Bertz CT molecular complexity index is 590. The number of thioether (sulfide) groups is 1. The van der Waals surface area contributed by atoms with Gasteiger partial charge < -0.3 is 4.90 Å². The number of nitrogens with zero attached hydrogens (tertiary/aromatic N) is 4. The van der Waals surface area contributed by atoms with Gasteiger partial charge in [0.1, 0.15) is 0 Å². The first-order valence-electron chi connectivity index (χ1n) is 6.92. The molecule has 110 valence electrons. The van der Waals surface area contributed by atoms with Gasteiger partial charge in [0.25, 0.3) is 5.91 Å². The molecule has 3 heterocycles. The van der Waals surface area contributed by atoms with Gasteiger partial charge in [0.05, 0.1) is 5.56 Å². The van der Waals surface area contributed by atoms with Gasteiger partial charge in [-0.05, 0) is 25.2 Å². The van der Waals surface area contributed by atoms with E-state index in [1.165, 1.54) is 11.8 Å². The van der Waals surface area contributed by atoms with Crippen molar-refractivity contribution in [1.29, 1.82) is 0 Å². The summed E-state index contributed by atoms with van der Waals surface area (Å²) in [6, 6.07) is 2.01. The number of aromatic amines is 1. The minimum Gasteiger partial charge on any atom is -0.339 e. The number of likely N-dealkylation sites (tertiary alicyclic amines) is 1. The van der Waals surface area contributed by atoms with E-state index >= 15 is 0 Å². The van der Waals surface area contributed by atoms with Crippen molar-refractivity contribution in [3.8, 4) is 0 Å². The van der Waals surface area contributed by atoms with Crippen molar-refractivity contribution in [2.24, 2.45) is 0 Å². The van der Waals surface area contributed by atoms with Crippen molar-refractivity contribution in [3.63, 3.8) is 0 Å². The molecule has 3 rings (SSSR count). The SMILES string of the molecule is CSc1ncc(C(=O)N2CCC(c3ccn[nH]3)CC2)cn1. The van der Waals surface area contributed by atoms with Crippen LogP contribution in [0.15, 0.2) is 29.8 Å². The van der Waals surface area contributed by atoms with Crippen molar-refractivity contribution >= 4 is 17.7 Å². The van der Waals surface area contributed by atoms with E-state index in [-0.39, 0.29) is 5.91 Å². The Balaban J connectivity index is 1.62. The van der Waals surface area contributed by atoms with E-state index in [0.717, 1.165) is 31.6 Å². The summed E-state index contributed by atoms with van der Waals surface area (Å²) in [6.07, 6.45) is 8.83. The van der Waals surface area contributed by atoms with Crippen LogP contribution in [0.4, 0.5) is 0 Å². The monoisotopic (exact) mass is 303 g/mol. The molecule has 0 aromatic carbocycles. The molecule has 1 fully saturated rings. The number of rotatable bonds is 3. The lowest BCUT2D eigenvalue weighted by Gasteiger charge is -2.31. The van der Waals surface area contributed by atoms with Gasteiger partial charge in [0.15, 0.2) is 5.16 Å². The van der Waals surface area contributed by atoms with Gasteiger partial charge in [0.2, 0.25) is 0 Å². The molecule has 0 radical (unpaired) electrons.